The summed E-state index contributed by atoms with van der Waals surface area (Å²) in [6.45, 7) is 2.59. The van der Waals surface area contributed by atoms with Crippen LogP contribution in [-0.2, 0) is 17.6 Å². The second-order valence-corrected chi connectivity index (χ2v) is 7.25. The maximum atomic E-state index is 12.2. The van der Waals surface area contributed by atoms with Gasteiger partial charge in [-0.05, 0) is 30.2 Å². The number of para-hydroxylation sites is 1. The predicted octanol–water partition coefficient (Wildman–Crippen LogP) is 3.93. The van der Waals surface area contributed by atoms with Crippen LogP contribution in [0.2, 0.25) is 5.02 Å². The first kappa shape index (κ1) is 19.5. The molecule has 0 radical (unpaired) electrons. The number of hydrogen-bond donors (Lipinski definition) is 1. The molecule has 0 aliphatic heterocycles. The van der Waals surface area contributed by atoms with Crippen LogP contribution in [0.4, 0.5) is 0 Å². The summed E-state index contributed by atoms with van der Waals surface area (Å²) in [6.07, 6.45) is 1.47. The van der Waals surface area contributed by atoms with E-state index in [1.165, 1.54) is 11.8 Å². The number of carbonyl (C=O) groups is 1. The van der Waals surface area contributed by atoms with Gasteiger partial charge in [-0.2, -0.15) is 0 Å². The number of amides is 1. The molecule has 3 aromatic rings. The summed E-state index contributed by atoms with van der Waals surface area (Å²) in [7, 11) is 0. The van der Waals surface area contributed by atoms with Gasteiger partial charge in [0.1, 0.15) is 5.82 Å². The molecular weight excluding hydrogens is 380 g/mol. The number of aryl methyl sites for hydroxylation is 1. The molecule has 1 heterocycles. The molecule has 0 spiro atoms. The summed E-state index contributed by atoms with van der Waals surface area (Å²) >= 11 is 7.52. The van der Waals surface area contributed by atoms with Crippen LogP contribution in [0.25, 0.3) is 5.69 Å². The van der Waals surface area contributed by atoms with Gasteiger partial charge in [0.05, 0.1) is 5.75 Å². The number of thioether (sulfide) groups is 1. The van der Waals surface area contributed by atoms with Crippen LogP contribution in [0.5, 0.6) is 0 Å². The summed E-state index contributed by atoms with van der Waals surface area (Å²) in [5.41, 5.74) is 2.03. The van der Waals surface area contributed by atoms with Crippen LogP contribution < -0.4 is 5.32 Å². The zero-order chi connectivity index (χ0) is 19.1. The fourth-order valence-corrected chi connectivity index (χ4v) is 3.71. The van der Waals surface area contributed by atoms with Gasteiger partial charge in [0, 0.05) is 23.7 Å². The van der Waals surface area contributed by atoms with E-state index in [9.17, 15) is 4.79 Å². The number of hydrogen-bond acceptors (Lipinski definition) is 4. The van der Waals surface area contributed by atoms with Gasteiger partial charge in [-0.3, -0.25) is 9.36 Å². The molecule has 0 atom stereocenters. The fourth-order valence-electron chi connectivity index (χ4n) is 2.68. The summed E-state index contributed by atoms with van der Waals surface area (Å²) in [4.78, 5) is 12.2. The van der Waals surface area contributed by atoms with Gasteiger partial charge in [0.2, 0.25) is 5.91 Å². The average Bonchev–Trinajstić information content (AvgIpc) is 3.11. The third kappa shape index (κ3) is 5.11. The Bertz CT molecular complexity index is 898. The van der Waals surface area contributed by atoms with Crippen LogP contribution in [0, 0.1) is 0 Å². The zero-order valence-corrected chi connectivity index (χ0v) is 16.6. The van der Waals surface area contributed by atoms with Gasteiger partial charge in [-0.1, -0.05) is 66.7 Å². The molecule has 2 aromatic carbocycles. The van der Waals surface area contributed by atoms with E-state index in [0.29, 0.717) is 13.0 Å². The summed E-state index contributed by atoms with van der Waals surface area (Å²) < 4.78 is 2.00. The Morgan fingerprint density at radius 1 is 1.11 bits per heavy atom. The van der Waals surface area contributed by atoms with Gasteiger partial charge >= 0.3 is 0 Å². The first-order valence-electron chi connectivity index (χ1n) is 8.81. The van der Waals surface area contributed by atoms with Crippen LogP contribution in [-0.4, -0.2) is 33.0 Å². The smallest absolute Gasteiger partial charge is 0.230 e. The van der Waals surface area contributed by atoms with Gasteiger partial charge < -0.3 is 5.32 Å². The second-order valence-electron chi connectivity index (χ2n) is 5.90. The molecule has 0 aliphatic carbocycles. The van der Waals surface area contributed by atoms with Gasteiger partial charge in [-0.15, -0.1) is 10.2 Å². The average molecular weight is 401 g/mol. The van der Waals surface area contributed by atoms with Crippen LogP contribution in [0.3, 0.4) is 0 Å². The van der Waals surface area contributed by atoms with E-state index in [0.717, 1.165) is 33.7 Å². The maximum absolute atomic E-state index is 12.2. The van der Waals surface area contributed by atoms with Crippen molar-refractivity contribution >= 4 is 29.3 Å². The highest BCUT2D eigenvalue weighted by Crippen LogP contribution is 2.22. The molecule has 0 saturated heterocycles. The highest BCUT2D eigenvalue weighted by atomic mass is 35.5. The number of carbonyl (C=O) groups excluding carboxylic acids is 1. The van der Waals surface area contributed by atoms with Crippen molar-refractivity contribution in [3.63, 3.8) is 0 Å². The van der Waals surface area contributed by atoms with Crippen molar-refractivity contribution in [2.24, 2.45) is 0 Å². The Hall–Kier alpha value is -2.31. The van der Waals surface area contributed by atoms with Crippen molar-refractivity contribution in [2.75, 3.05) is 12.3 Å². The molecular formula is C20H21ClN4OS. The summed E-state index contributed by atoms with van der Waals surface area (Å²) in [5, 5.41) is 12.9. The summed E-state index contributed by atoms with van der Waals surface area (Å²) in [5.74, 6) is 1.13. The van der Waals surface area contributed by atoms with E-state index >= 15 is 0 Å². The Morgan fingerprint density at radius 3 is 2.59 bits per heavy atom. The maximum Gasteiger partial charge on any atom is 0.230 e. The van der Waals surface area contributed by atoms with E-state index < -0.39 is 0 Å². The number of halogens is 1. The van der Waals surface area contributed by atoms with Crippen molar-refractivity contribution in [3.8, 4) is 5.69 Å². The molecule has 0 fully saturated rings. The first-order chi connectivity index (χ1) is 13.2. The predicted molar refractivity (Wildman–Crippen MR) is 110 cm³/mol. The first-order valence-corrected chi connectivity index (χ1v) is 10.2. The number of benzene rings is 2. The van der Waals surface area contributed by atoms with E-state index in [2.05, 4.69) is 15.5 Å². The lowest BCUT2D eigenvalue weighted by atomic mass is 10.1. The molecule has 0 bridgehead atoms. The molecule has 0 unspecified atom stereocenters. The fraction of sp³-hybridized carbons (Fsp3) is 0.250. The van der Waals surface area contributed by atoms with E-state index in [1.807, 2.05) is 66.1 Å². The second kappa shape index (κ2) is 9.58. The normalized spacial score (nSPS) is 10.7. The largest absolute Gasteiger partial charge is 0.355 e. The van der Waals surface area contributed by atoms with Crippen LogP contribution in [0.15, 0.2) is 59.8 Å². The lowest BCUT2D eigenvalue weighted by Crippen LogP contribution is -2.27. The number of rotatable bonds is 8. The van der Waals surface area contributed by atoms with Gasteiger partial charge in [0.15, 0.2) is 5.16 Å². The Morgan fingerprint density at radius 2 is 1.85 bits per heavy atom. The SMILES string of the molecule is CCc1nnc(SCC(=O)NCCc2ccccc2Cl)n1-c1ccccc1. The topological polar surface area (TPSA) is 59.8 Å². The third-order valence-electron chi connectivity index (χ3n) is 4.04. The van der Waals surface area contributed by atoms with E-state index in [1.54, 1.807) is 0 Å². The third-order valence-corrected chi connectivity index (χ3v) is 5.34. The lowest BCUT2D eigenvalue weighted by molar-refractivity contribution is -0.118. The van der Waals surface area contributed by atoms with Gasteiger partial charge in [-0.25, -0.2) is 0 Å². The Labute approximate surface area is 168 Å². The Balaban J connectivity index is 1.56. The number of nitrogens with zero attached hydrogens (tertiary/aromatic N) is 3. The standard InChI is InChI=1S/C20H21ClN4OS/c1-2-18-23-24-20(25(18)16-9-4-3-5-10-16)27-14-19(26)22-13-12-15-8-6-7-11-17(15)21/h3-11H,2,12-14H2,1H3,(H,22,26). The van der Waals surface area contributed by atoms with Gasteiger partial charge in [0.25, 0.3) is 0 Å². The minimum atomic E-state index is -0.0345. The minimum Gasteiger partial charge on any atom is -0.355 e. The van der Waals surface area contributed by atoms with Crippen molar-refractivity contribution in [1.82, 2.24) is 20.1 Å². The molecule has 1 amide bonds. The van der Waals surface area contributed by atoms with Crippen molar-refractivity contribution < 1.29 is 4.79 Å². The van der Waals surface area contributed by atoms with Crippen molar-refractivity contribution in [2.45, 2.75) is 24.9 Å². The molecule has 0 saturated carbocycles. The zero-order valence-electron chi connectivity index (χ0n) is 15.1. The highest BCUT2D eigenvalue weighted by Gasteiger charge is 2.14. The summed E-state index contributed by atoms with van der Waals surface area (Å²) in [6, 6.07) is 17.6. The number of nitrogens with one attached hydrogen (secondary N) is 1. The molecule has 1 aromatic heterocycles. The van der Waals surface area contributed by atoms with Crippen LogP contribution >= 0.6 is 23.4 Å². The molecule has 27 heavy (non-hydrogen) atoms. The minimum absolute atomic E-state index is 0.0345. The van der Waals surface area contributed by atoms with E-state index in [-0.39, 0.29) is 11.7 Å². The molecule has 1 N–H and O–H groups in total. The lowest BCUT2D eigenvalue weighted by Gasteiger charge is -2.09. The molecule has 5 nitrogen and oxygen atoms in total. The van der Waals surface area contributed by atoms with E-state index in [4.69, 9.17) is 11.6 Å². The van der Waals surface area contributed by atoms with Crippen LogP contribution in [0.1, 0.15) is 18.3 Å². The quantitative estimate of drug-likeness (QED) is 0.582. The molecule has 7 heteroatoms. The monoisotopic (exact) mass is 400 g/mol. The highest BCUT2D eigenvalue weighted by molar-refractivity contribution is 7.99. The Kier molecular flexibility index (Phi) is 6.90. The van der Waals surface area contributed by atoms with Crippen molar-refractivity contribution in [3.05, 3.63) is 71.0 Å². The molecule has 140 valence electrons. The number of aromatic nitrogens is 3. The molecule has 3 rings (SSSR count). The van der Waals surface area contributed by atoms with Crippen molar-refractivity contribution in [1.29, 1.82) is 0 Å². The molecule has 0 aliphatic rings.